The quantitative estimate of drug-likeness (QED) is 0.548. The zero-order valence-electron chi connectivity index (χ0n) is 21.7. The number of benzene rings is 2. The van der Waals surface area contributed by atoms with Crippen molar-refractivity contribution >= 4 is 34.4 Å². The highest BCUT2D eigenvalue weighted by Gasteiger charge is 2.38. The first-order valence-corrected chi connectivity index (χ1v) is 13.9. The highest BCUT2D eigenvalue weighted by Crippen LogP contribution is 2.42. The van der Waals surface area contributed by atoms with Crippen LogP contribution in [0.25, 0.3) is 5.57 Å². The summed E-state index contributed by atoms with van der Waals surface area (Å²) in [5.41, 5.74) is 1.09. The van der Waals surface area contributed by atoms with Gasteiger partial charge in [-0.3, -0.25) is 18.7 Å². The van der Waals surface area contributed by atoms with Crippen molar-refractivity contribution in [3.8, 4) is 5.75 Å². The van der Waals surface area contributed by atoms with Gasteiger partial charge in [0.15, 0.2) is 5.82 Å². The molecule has 2 unspecified atom stereocenters. The first-order valence-electron chi connectivity index (χ1n) is 12.8. The number of hydrogen-bond acceptors (Lipinski definition) is 5. The SMILES string of the molecule is CC(C)(C)OC(=O)N1CC(c2ccc(OCc3ccccc3)c(N3CC(=O)NS3=O)c2F)=CC1CC1CC1. The molecule has 2 fully saturated rings. The molecule has 10 heteroatoms. The molecule has 202 valence electrons. The average Bonchev–Trinajstić information content (AvgIpc) is 3.47. The van der Waals surface area contributed by atoms with Crippen LogP contribution >= 0.6 is 0 Å². The van der Waals surface area contributed by atoms with Crippen LogP contribution in [0.5, 0.6) is 5.75 Å². The Kier molecular flexibility index (Phi) is 7.17. The van der Waals surface area contributed by atoms with Gasteiger partial charge in [-0.05, 0) is 56.4 Å². The van der Waals surface area contributed by atoms with Crippen LogP contribution in [0.2, 0.25) is 0 Å². The highest BCUT2D eigenvalue weighted by atomic mass is 32.2. The van der Waals surface area contributed by atoms with Crippen molar-refractivity contribution in [2.24, 2.45) is 5.92 Å². The van der Waals surface area contributed by atoms with E-state index in [1.165, 1.54) is 4.31 Å². The van der Waals surface area contributed by atoms with E-state index in [1.54, 1.807) is 17.0 Å². The van der Waals surface area contributed by atoms with Gasteiger partial charge in [0, 0.05) is 5.56 Å². The molecule has 2 amide bonds. The Labute approximate surface area is 224 Å². The lowest BCUT2D eigenvalue weighted by Gasteiger charge is -2.29. The average molecular weight is 542 g/mol. The summed E-state index contributed by atoms with van der Waals surface area (Å²) in [5, 5.41) is 0. The van der Waals surface area contributed by atoms with Crippen molar-refractivity contribution < 1.29 is 27.7 Å². The van der Waals surface area contributed by atoms with E-state index in [2.05, 4.69) is 4.72 Å². The summed E-state index contributed by atoms with van der Waals surface area (Å²) in [5.74, 6) is -0.401. The van der Waals surface area contributed by atoms with E-state index in [4.69, 9.17) is 9.47 Å². The number of hydrogen-bond donors (Lipinski definition) is 1. The fraction of sp³-hybridized carbons (Fsp3) is 0.429. The van der Waals surface area contributed by atoms with Crippen LogP contribution < -0.4 is 13.8 Å². The topological polar surface area (TPSA) is 88.2 Å². The van der Waals surface area contributed by atoms with Gasteiger partial charge in [0.2, 0.25) is 11.2 Å². The molecule has 5 rings (SSSR count). The summed E-state index contributed by atoms with van der Waals surface area (Å²) in [6.45, 7) is 5.55. The van der Waals surface area contributed by atoms with Crippen molar-refractivity contribution in [3.63, 3.8) is 0 Å². The predicted molar refractivity (Wildman–Crippen MR) is 143 cm³/mol. The zero-order valence-corrected chi connectivity index (χ0v) is 22.6. The number of nitrogens with one attached hydrogen (secondary N) is 1. The smallest absolute Gasteiger partial charge is 0.411 e. The zero-order chi connectivity index (χ0) is 27.0. The van der Waals surface area contributed by atoms with Crippen molar-refractivity contribution in [2.75, 3.05) is 17.4 Å². The Morgan fingerprint density at radius 1 is 1.13 bits per heavy atom. The van der Waals surface area contributed by atoms with Crippen molar-refractivity contribution in [3.05, 3.63) is 65.5 Å². The molecule has 1 N–H and O–H groups in total. The molecule has 2 aliphatic heterocycles. The van der Waals surface area contributed by atoms with Gasteiger partial charge >= 0.3 is 6.09 Å². The van der Waals surface area contributed by atoms with E-state index in [1.807, 2.05) is 57.2 Å². The number of carbonyl (C=O) groups excluding carboxylic acids is 2. The first-order chi connectivity index (χ1) is 18.1. The van der Waals surface area contributed by atoms with Crippen LogP contribution in [0, 0.1) is 11.7 Å². The molecule has 1 saturated heterocycles. The third-order valence-corrected chi connectivity index (χ3v) is 7.75. The number of anilines is 1. The lowest BCUT2D eigenvalue weighted by molar-refractivity contribution is -0.117. The largest absolute Gasteiger partial charge is 0.487 e. The van der Waals surface area contributed by atoms with E-state index < -0.39 is 34.6 Å². The molecule has 1 saturated carbocycles. The fourth-order valence-corrected chi connectivity index (χ4v) is 5.62. The second-order valence-corrected chi connectivity index (χ2v) is 12.0. The standard InChI is InChI=1S/C28H32FN3O5S/c1-28(2,3)37-27(34)31-15-20(14-21(31)13-18-9-10-18)22-11-12-23(36-17-19-7-5-4-6-8-19)26(25(22)29)32-16-24(33)30-38(32)35/h4-8,11-12,14,18,21H,9-10,13,15-17H2,1-3H3,(H,30,33). The fourth-order valence-electron chi connectivity index (χ4n) is 4.68. The summed E-state index contributed by atoms with van der Waals surface area (Å²) in [6, 6.07) is 12.5. The van der Waals surface area contributed by atoms with Gasteiger partial charge in [-0.15, -0.1) is 0 Å². The number of nitrogens with zero attached hydrogens (tertiary/aromatic N) is 2. The molecule has 8 nitrogen and oxygen atoms in total. The first kappa shape index (κ1) is 26.2. The number of halogens is 1. The van der Waals surface area contributed by atoms with Gasteiger partial charge in [-0.25, -0.2) is 13.4 Å². The Morgan fingerprint density at radius 3 is 2.50 bits per heavy atom. The molecule has 0 bridgehead atoms. The van der Waals surface area contributed by atoms with Crippen LogP contribution in [0.15, 0.2) is 48.5 Å². The van der Waals surface area contributed by atoms with E-state index >= 15 is 4.39 Å². The third kappa shape index (κ3) is 5.85. The van der Waals surface area contributed by atoms with Crippen LogP contribution in [0.3, 0.4) is 0 Å². The maximum absolute atomic E-state index is 16.3. The molecule has 2 aromatic rings. The number of amides is 2. The molecule has 0 spiro atoms. The Balaban J connectivity index is 1.48. The number of carbonyl (C=O) groups is 2. The summed E-state index contributed by atoms with van der Waals surface area (Å²) in [7, 11) is 0. The molecule has 0 aromatic heterocycles. The van der Waals surface area contributed by atoms with E-state index in [0.29, 0.717) is 11.5 Å². The molecular formula is C28H32FN3O5S. The lowest BCUT2D eigenvalue weighted by Crippen LogP contribution is -2.40. The van der Waals surface area contributed by atoms with E-state index in [-0.39, 0.29) is 42.7 Å². The predicted octanol–water partition coefficient (Wildman–Crippen LogP) is 4.72. The van der Waals surface area contributed by atoms with Crippen molar-refractivity contribution in [1.82, 2.24) is 9.62 Å². The molecule has 1 aliphatic carbocycles. The Morgan fingerprint density at radius 2 is 1.87 bits per heavy atom. The van der Waals surface area contributed by atoms with Gasteiger partial charge in [0.25, 0.3) is 5.91 Å². The Hall–Kier alpha value is -3.40. The maximum Gasteiger partial charge on any atom is 0.411 e. The second-order valence-electron chi connectivity index (χ2n) is 10.9. The van der Waals surface area contributed by atoms with Gasteiger partial charge < -0.3 is 9.47 Å². The maximum atomic E-state index is 16.3. The minimum Gasteiger partial charge on any atom is -0.487 e. The summed E-state index contributed by atoms with van der Waals surface area (Å²) in [6.07, 6.45) is 4.53. The molecule has 2 aromatic carbocycles. The summed E-state index contributed by atoms with van der Waals surface area (Å²) < 4.78 is 44.0. The van der Waals surface area contributed by atoms with Gasteiger partial charge in [0.1, 0.15) is 30.2 Å². The van der Waals surface area contributed by atoms with Gasteiger partial charge in [0.05, 0.1) is 12.6 Å². The monoisotopic (exact) mass is 541 g/mol. The molecule has 2 heterocycles. The molecule has 0 radical (unpaired) electrons. The van der Waals surface area contributed by atoms with Gasteiger partial charge in [-0.2, -0.15) is 0 Å². The lowest BCUT2D eigenvalue weighted by atomic mass is 10.0. The number of rotatable bonds is 7. The Bertz CT molecular complexity index is 1290. The van der Waals surface area contributed by atoms with Crippen molar-refractivity contribution in [2.45, 2.75) is 58.3 Å². The second kappa shape index (κ2) is 10.4. The van der Waals surface area contributed by atoms with Crippen LogP contribution in [0.4, 0.5) is 14.9 Å². The molecule has 3 aliphatic rings. The van der Waals surface area contributed by atoms with E-state index in [0.717, 1.165) is 24.8 Å². The highest BCUT2D eigenvalue weighted by molar-refractivity contribution is 7.85. The summed E-state index contributed by atoms with van der Waals surface area (Å²) >= 11 is -1.94. The third-order valence-electron chi connectivity index (χ3n) is 6.63. The summed E-state index contributed by atoms with van der Waals surface area (Å²) in [4.78, 5) is 26.7. The van der Waals surface area contributed by atoms with Crippen LogP contribution in [-0.2, 0) is 27.3 Å². The molecular weight excluding hydrogens is 509 g/mol. The van der Waals surface area contributed by atoms with E-state index in [9.17, 15) is 13.8 Å². The normalized spacial score (nSPS) is 21.4. The van der Waals surface area contributed by atoms with Crippen molar-refractivity contribution in [1.29, 1.82) is 0 Å². The molecule has 38 heavy (non-hydrogen) atoms. The molecule has 2 atom stereocenters. The van der Waals surface area contributed by atoms with Gasteiger partial charge in [-0.1, -0.05) is 49.2 Å². The van der Waals surface area contributed by atoms with Crippen LogP contribution in [0.1, 0.15) is 51.2 Å². The number of ether oxygens (including phenoxy) is 2. The minimum atomic E-state index is -1.94. The minimum absolute atomic E-state index is 0.0505. The van der Waals surface area contributed by atoms with Crippen LogP contribution in [-0.4, -0.2) is 45.8 Å².